The summed E-state index contributed by atoms with van der Waals surface area (Å²) in [6.45, 7) is 3.06. The van der Waals surface area contributed by atoms with E-state index in [-0.39, 0.29) is 0 Å². The number of urea groups is 1. The number of carbonyl (C=O) groups is 2. The molecule has 11 heavy (non-hydrogen) atoms. The molecule has 2 amide bonds. The summed E-state index contributed by atoms with van der Waals surface area (Å²) in [5.74, 6) is -1.08. The Labute approximate surface area is 64.6 Å². The van der Waals surface area contributed by atoms with Crippen LogP contribution in [-0.2, 0) is 4.79 Å². The molecular formula is C6H12N2O3. The zero-order chi connectivity index (χ0) is 9.07. The average Bonchev–Trinajstić information content (AvgIpc) is 1.86. The second kappa shape index (κ2) is 3.23. The third-order valence-electron chi connectivity index (χ3n) is 1.58. The molecule has 0 unspecified atom stereocenters. The number of carbonyl (C=O) groups excluding carboxylic acids is 1. The smallest absolute Gasteiger partial charge is 0.329 e. The number of hydrogen-bond donors (Lipinski definition) is 3. The largest absolute Gasteiger partial charge is 0.480 e. The lowest BCUT2D eigenvalue weighted by Crippen LogP contribution is -2.53. The van der Waals surface area contributed by atoms with Crippen LogP contribution < -0.4 is 11.1 Å². The maximum absolute atomic E-state index is 10.5. The highest BCUT2D eigenvalue weighted by Crippen LogP contribution is 2.07. The van der Waals surface area contributed by atoms with E-state index in [1.807, 2.05) is 0 Å². The van der Waals surface area contributed by atoms with Crippen LogP contribution in [0.25, 0.3) is 0 Å². The fraction of sp³-hybridized carbons (Fsp3) is 0.667. The van der Waals surface area contributed by atoms with E-state index >= 15 is 0 Å². The molecule has 0 saturated carbocycles. The van der Waals surface area contributed by atoms with Gasteiger partial charge in [-0.3, -0.25) is 0 Å². The van der Waals surface area contributed by atoms with Crippen molar-refractivity contribution < 1.29 is 14.7 Å². The fourth-order valence-corrected chi connectivity index (χ4v) is 0.565. The molecule has 0 aliphatic rings. The molecule has 0 aromatic heterocycles. The highest BCUT2D eigenvalue weighted by Gasteiger charge is 2.31. The van der Waals surface area contributed by atoms with Crippen molar-refractivity contribution in [3.05, 3.63) is 0 Å². The standard InChI is InChI=1S/C6H12N2O3/c1-3-6(2,4(9)10)8-5(7)11/h3H2,1-2H3,(H,9,10)(H3,7,8,11)/t6-/m0/s1. The van der Waals surface area contributed by atoms with Crippen LogP contribution in [0.2, 0.25) is 0 Å². The minimum absolute atomic E-state index is 0.297. The summed E-state index contributed by atoms with van der Waals surface area (Å²) >= 11 is 0. The lowest BCUT2D eigenvalue weighted by Gasteiger charge is -2.22. The third-order valence-corrected chi connectivity index (χ3v) is 1.58. The number of carboxylic acids is 1. The maximum Gasteiger partial charge on any atom is 0.329 e. The van der Waals surface area contributed by atoms with Crippen LogP contribution in [0.5, 0.6) is 0 Å². The number of rotatable bonds is 3. The van der Waals surface area contributed by atoms with E-state index in [4.69, 9.17) is 10.8 Å². The molecule has 5 nitrogen and oxygen atoms in total. The second-order valence-corrected chi connectivity index (χ2v) is 2.48. The van der Waals surface area contributed by atoms with Gasteiger partial charge >= 0.3 is 12.0 Å². The fourth-order valence-electron chi connectivity index (χ4n) is 0.565. The molecular weight excluding hydrogens is 148 g/mol. The van der Waals surface area contributed by atoms with E-state index in [2.05, 4.69) is 5.32 Å². The van der Waals surface area contributed by atoms with E-state index in [1.165, 1.54) is 6.92 Å². The lowest BCUT2D eigenvalue weighted by atomic mass is 10.00. The molecule has 5 heteroatoms. The minimum atomic E-state index is -1.24. The Morgan fingerprint density at radius 3 is 2.18 bits per heavy atom. The van der Waals surface area contributed by atoms with Gasteiger partial charge in [0.15, 0.2) is 0 Å². The Morgan fingerprint density at radius 2 is 2.09 bits per heavy atom. The quantitative estimate of drug-likeness (QED) is 0.538. The van der Waals surface area contributed by atoms with Gasteiger partial charge in [-0.25, -0.2) is 9.59 Å². The van der Waals surface area contributed by atoms with Gasteiger partial charge in [-0.1, -0.05) is 6.92 Å². The topological polar surface area (TPSA) is 92.4 Å². The Balaban J connectivity index is 4.34. The summed E-state index contributed by atoms with van der Waals surface area (Å²) in [6, 6.07) is -0.822. The monoisotopic (exact) mass is 160 g/mol. The van der Waals surface area contributed by atoms with Gasteiger partial charge < -0.3 is 16.2 Å². The van der Waals surface area contributed by atoms with Crippen molar-refractivity contribution in [3.63, 3.8) is 0 Å². The van der Waals surface area contributed by atoms with Crippen molar-refractivity contribution in [2.75, 3.05) is 0 Å². The zero-order valence-corrected chi connectivity index (χ0v) is 6.55. The number of carboxylic acid groups (broad SMARTS) is 1. The average molecular weight is 160 g/mol. The third kappa shape index (κ3) is 2.45. The molecule has 0 bridgehead atoms. The minimum Gasteiger partial charge on any atom is -0.480 e. The van der Waals surface area contributed by atoms with Crippen LogP contribution in [0.4, 0.5) is 4.79 Å². The van der Waals surface area contributed by atoms with Gasteiger partial charge in [-0.2, -0.15) is 0 Å². The second-order valence-electron chi connectivity index (χ2n) is 2.48. The predicted octanol–water partition coefficient (Wildman–Crippen LogP) is -0.0920. The molecule has 0 aromatic rings. The van der Waals surface area contributed by atoms with E-state index in [0.717, 1.165) is 0 Å². The van der Waals surface area contributed by atoms with Crippen LogP contribution >= 0.6 is 0 Å². The number of hydrogen-bond acceptors (Lipinski definition) is 2. The molecule has 0 rings (SSSR count). The van der Waals surface area contributed by atoms with Crippen LogP contribution in [0.3, 0.4) is 0 Å². The van der Waals surface area contributed by atoms with Gasteiger partial charge in [-0.15, -0.1) is 0 Å². The first-order chi connectivity index (χ1) is 4.92. The first-order valence-electron chi connectivity index (χ1n) is 3.23. The summed E-state index contributed by atoms with van der Waals surface area (Å²) in [6.07, 6.45) is 0.297. The number of primary amides is 1. The van der Waals surface area contributed by atoms with Gasteiger partial charge in [0.1, 0.15) is 5.54 Å². The zero-order valence-electron chi connectivity index (χ0n) is 6.55. The number of amides is 2. The summed E-state index contributed by atoms with van der Waals surface area (Å²) in [4.78, 5) is 20.8. The van der Waals surface area contributed by atoms with Crippen LogP contribution in [0, 0.1) is 0 Å². The molecule has 4 N–H and O–H groups in total. The van der Waals surface area contributed by atoms with Crippen molar-refractivity contribution in [2.45, 2.75) is 25.8 Å². The van der Waals surface area contributed by atoms with Gasteiger partial charge in [0, 0.05) is 0 Å². The molecule has 0 aliphatic heterocycles. The first-order valence-corrected chi connectivity index (χ1v) is 3.23. The molecule has 0 saturated heterocycles. The molecule has 1 atom stereocenters. The first kappa shape index (κ1) is 9.74. The summed E-state index contributed by atoms with van der Waals surface area (Å²) in [5, 5.41) is 10.8. The molecule has 0 heterocycles. The Kier molecular flexibility index (Phi) is 2.86. The van der Waals surface area contributed by atoms with E-state index in [0.29, 0.717) is 6.42 Å². The molecule has 0 aromatic carbocycles. The van der Waals surface area contributed by atoms with E-state index in [1.54, 1.807) is 6.92 Å². The molecule has 0 spiro atoms. The number of nitrogens with one attached hydrogen (secondary N) is 1. The van der Waals surface area contributed by atoms with Crippen molar-refractivity contribution in [3.8, 4) is 0 Å². The Hall–Kier alpha value is -1.26. The van der Waals surface area contributed by atoms with Crippen molar-refractivity contribution >= 4 is 12.0 Å². The summed E-state index contributed by atoms with van der Waals surface area (Å²) < 4.78 is 0. The van der Waals surface area contributed by atoms with Crippen molar-refractivity contribution in [2.24, 2.45) is 5.73 Å². The maximum atomic E-state index is 10.5. The van der Waals surface area contributed by atoms with Gasteiger partial charge in [0.25, 0.3) is 0 Å². The molecule has 0 fully saturated rings. The Morgan fingerprint density at radius 1 is 1.64 bits per heavy atom. The lowest BCUT2D eigenvalue weighted by molar-refractivity contribution is -0.143. The highest BCUT2D eigenvalue weighted by atomic mass is 16.4. The normalized spacial score (nSPS) is 15.1. The van der Waals surface area contributed by atoms with E-state index in [9.17, 15) is 9.59 Å². The molecule has 0 radical (unpaired) electrons. The van der Waals surface area contributed by atoms with E-state index < -0.39 is 17.5 Å². The van der Waals surface area contributed by atoms with Gasteiger partial charge in [-0.05, 0) is 13.3 Å². The SMILES string of the molecule is CC[C@](C)(NC(N)=O)C(=O)O. The van der Waals surface area contributed by atoms with Crippen molar-refractivity contribution in [1.82, 2.24) is 5.32 Å². The van der Waals surface area contributed by atoms with Crippen LogP contribution in [0.15, 0.2) is 0 Å². The molecule has 64 valence electrons. The van der Waals surface area contributed by atoms with Crippen LogP contribution in [0.1, 0.15) is 20.3 Å². The predicted molar refractivity (Wildman–Crippen MR) is 39.1 cm³/mol. The number of nitrogens with two attached hydrogens (primary N) is 1. The highest BCUT2D eigenvalue weighted by molar-refractivity contribution is 5.85. The molecule has 0 aliphatic carbocycles. The van der Waals surface area contributed by atoms with Gasteiger partial charge in [0.05, 0.1) is 0 Å². The summed E-state index contributed by atoms with van der Waals surface area (Å²) in [7, 11) is 0. The van der Waals surface area contributed by atoms with Gasteiger partial charge in [0.2, 0.25) is 0 Å². The van der Waals surface area contributed by atoms with Crippen molar-refractivity contribution in [1.29, 1.82) is 0 Å². The number of aliphatic carboxylic acids is 1. The Bertz CT molecular complexity index is 181. The summed E-state index contributed by atoms with van der Waals surface area (Å²) in [5.41, 5.74) is 3.53. The van der Waals surface area contributed by atoms with Crippen LogP contribution in [-0.4, -0.2) is 22.6 Å².